The fourth-order valence-electron chi connectivity index (χ4n) is 2.02. The number of sulfone groups is 1. The number of hydrogen-bond donors (Lipinski definition) is 2. The van der Waals surface area contributed by atoms with Crippen molar-refractivity contribution in [1.82, 2.24) is 9.97 Å². The van der Waals surface area contributed by atoms with Crippen molar-refractivity contribution in [1.29, 1.82) is 0 Å². The van der Waals surface area contributed by atoms with Crippen LogP contribution in [0.4, 0.5) is 5.69 Å². The van der Waals surface area contributed by atoms with E-state index in [9.17, 15) is 13.2 Å². The van der Waals surface area contributed by atoms with E-state index in [2.05, 4.69) is 9.97 Å². The normalized spacial score (nSPS) is 11.6. The van der Waals surface area contributed by atoms with Gasteiger partial charge in [0.15, 0.2) is 0 Å². The van der Waals surface area contributed by atoms with E-state index in [1.54, 1.807) is 36.4 Å². The summed E-state index contributed by atoms with van der Waals surface area (Å²) in [6.07, 6.45) is 0. The van der Waals surface area contributed by atoms with Crippen LogP contribution < -0.4 is 11.3 Å². The van der Waals surface area contributed by atoms with Gasteiger partial charge in [-0.05, 0) is 24.3 Å². The average Bonchev–Trinajstić information content (AvgIpc) is 2.46. The highest BCUT2D eigenvalue weighted by Gasteiger charge is 2.25. The van der Waals surface area contributed by atoms with Gasteiger partial charge in [-0.3, -0.25) is 4.79 Å². The summed E-state index contributed by atoms with van der Waals surface area (Å²) in [5.41, 5.74) is 5.86. The maximum atomic E-state index is 12.6. The predicted molar refractivity (Wildman–Crippen MR) is 78.7 cm³/mol. The first-order chi connectivity index (χ1) is 10.00. The Morgan fingerprint density at radius 1 is 1.00 bits per heavy atom. The van der Waals surface area contributed by atoms with Crippen molar-refractivity contribution >= 4 is 26.6 Å². The first-order valence-electron chi connectivity index (χ1n) is 6.09. The van der Waals surface area contributed by atoms with Gasteiger partial charge >= 0.3 is 0 Å². The molecule has 1 heterocycles. The Labute approximate surface area is 120 Å². The van der Waals surface area contributed by atoms with Crippen LogP contribution in [0.2, 0.25) is 0 Å². The third kappa shape index (κ3) is 2.17. The molecule has 0 radical (unpaired) electrons. The molecule has 0 fully saturated rings. The number of nitrogens with zero attached hydrogens (tertiary/aromatic N) is 1. The van der Waals surface area contributed by atoms with E-state index in [0.29, 0.717) is 11.0 Å². The number of nitrogen functional groups attached to an aromatic ring is 1. The molecule has 6 nitrogen and oxygen atoms in total. The van der Waals surface area contributed by atoms with Crippen LogP contribution in [-0.4, -0.2) is 18.4 Å². The van der Waals surface area contributed by atoms with Crippen molar-refractivity contribution in [2.24, 2.45) is 0 Å². The molecule has 7 heteroatoms. The quantitative estimate of drug-likeness (QED) is 0.695. The number of hydrogen-bond acceptors (Lipinski definition) is 5. The Balaban J connectivity index is 2.32. The summed E-state index contributed by atoms with van der Waals surface area (Å²) in [6.45, 7) is 0. The Morgan fingerprint density at radius 3 is 2.43 bits per heavy atom. The number of anilines is 1. The molecule has 0 aliphatic carbocycles. The number of fused-ring (bicyclic) bond motifs is 1. The molecule has 106 valence electrons. The van der Waals surface area contributed by atoms with Gasteiger partial charge in [-0.15, -0.1) is 0 Å². The monoisotopic (exact) mass is 301 g/mol. The summed E-state index contributed by atoms with van der Waals surface area (Å²) in [7, 11) is -4.07. The first kappa shape index (κ1) is 13.3. The van der Waals surface area contributed by atoms with Crippen LogP contribution in [0.3, 0.4) is 0 Å². The van der Waals surface area contributed by atoms with Gasteiger partial charge in [0.25, 0.3) is 5.56 Å². The van der Waals surface area contributed by atoms with Crippen molar-refractivity contribution in [2.75, 3.05) is 5.73 Å². The predicted octanol–water partition coefficient (Wildman–Crippen LogP) is 1.34. The minimum atomic E-state index is -4.07. The molecular formula is C14H11N3O3S. The first-order valence-corrected chi connectivity index (χ1v) is 7.57. The van der Waals surface area contributed by atoms with E-state index < -0.39 is 20.4 Å². The highest BCUT2D eigenvalue weighted by molar-refractivity contribution is 7.91. The third-order valence-corrected chi connectivity index (χ3v) is 4.77. The molecule has 0 aliphatic heterocycles. The molecule has 0 spiro atoms. The van der Waals surface area contributed by atoms with Crippen LogP contribution in [0.1, 0.15) is 0 Å². The number of nitrogens with one attached hydrogen (secondary N) is 1. The summed E-state index contributed by atoms with van der Waals surface area (Å²) in [4.78, 5) is 18.4. The maximum Gasteiger partial charge on any atom is 0.286 e. The lowest BCUT2D eigenvalue weighted by molar-refractivity contribution is 0.591. The SMILES string of the molecule is Nc1ccccc1S(=O)(=O)c1nc2ccccc2[nH]c1=O. The number of aromatic nitrogens is 2. The lowest BCUT2D eigenvalue weighted by Gasteiger charge is -2.06. The maximum absolute atomic E-state index is 12.6. The zero-order valence-corrected chi connectivity index (χ0v) is 11.6. The summed E-state index contributed by atoms with van der Waals surface area (Å²) >= 11 is 0. The van der Waals surface area contributed by atoms with Gasteiger partial charge in [0.05, 0.1) is 21.6 Å². The number of benzene rings is 2. The third-order valence-electron chi connectivity index (χ3n) is 3.03. The lowest BCUT2D eigenvalue weighted by atomic mass is 10.3. The van der Waals surface area contributed by atoms with E-state index >= 15 is 0 Å². The molecule has 0 atom stereocenters. The van der Waals surface area contributed by atoms with Crippen LogP contribution in [0.25, 0.3) is 11.0 Å². The van der Waals surface area contributed by atoms with Gasteiger partial charge in [-0.2, -0.15) is 0 Å². The van der Waals surface area contributed by atoms with E-state index in [-0.39, 0.29) is 10.6 Å². The van der Waals surface area contributed by atoms with Crippen molar-refractivity contribution < 1.29 is 8.42 Å². The number of aromatic amines is 1. The fraction of sp³-hybridized carbons (Fsp3) is 0. The van der Waals surface area contributed by atoms with Gasteiger partial charge < -0.3 is 10.7 Å². The molecule has 0 saturated carbocycles. The smallest absolute Gasteiger partial charge is 0.286 e. The number of para-hydroxylation sites is 3. The average molecular weight is 301 g/mol. The van der Waals surface area contributed by atoms with Gasteiger partial charge in [-0.1, -0.05) is 24.3 Å². The second-order valence-electron chi connectivity index (χ2n) is 4.43. The Bertz CT molecular complexity index is 994. The van der Waals surface area contributed by atoms with Crippen molar-refractivity contribution in [2.45, 2.75) is 9.92 Å². The largest absolute Gasteiger partial charge is 0.398 e. The topological polar surface area (TPSA) is 106 Å². The van der Waals surface area contributed by atoms with Crippen LogP contribution in [0.5, 0.6) is 0 Å². The molecule has 1 aromatic heterocycles. The highest BCUT2D eigenvalue weighted by Crippen LogP contribution is 2.23. The highest BCUT2D eigenvalue weighted by atomic mass is 32.2. The number of nitrogens with two attached hydrogens (primary N) is 1. The molecule has 3 rings (SSSR count). The molecular weight excluding hydrogens is 290 g/mol. The van der Waals surface area contributed by atoms with E-state index in [0.717, 1.165) is 0 Å². The van der Waals surface area contributed by atoms with Gasteiger partial charge in [0.2, 0.25) is 14.9 Å². The van der Waals surface area contributed by atoms with Gasteiger partial charge in [0.1, 0.15) is 0 Å². The van der Waals surface area contributed by atoms with Crippen molar-refractivity contribution in [3.8, 4) is 0 Å². The molecule has 0 bridgehead atoms. The zero-order valence-electron chi connectivity index (χ0n) is 10.8. The van der Waals surface area contributed by atoms with Crippen LogP contribution in [0.15, 0.2) is 63.2 Å². The van der Waals surface area contributed by atoms with E-state index in [1.165, 1.54) is 12.1 Å². The number of H-pyrrole nitrogens is 1. The van der Waals surface area contributed by atoms with Crippen LogP contribution >= 0.6 is 0 Å². The van der Waals surface area contributed by atoms with Gasteiger partial charge in [0, 0.05) is 0 Å². The van der Waals surface area contributed by atoms with Crippen molar-refractivity contribution in [3.63, 3.8) is 0 Å². The second-order valence-corrected chi connectivity index (χ2v) is 6.26. The lowest BCUT2D eigenvalue weighted by Crippen LogP contribution is -2.20. The summed E-state index contributed by atoms with van der Waals surface area (Å²) in [6, 6.07) is 12.7. The molecule has 3 aromatic rings. The number of rotatable bonds is 2. The zero-order chi connectivity index (χ0) is 15.0. The Morgan fingerprint density at radius 2 is 1.67 bits per heavy atom. The molecule has 0 unspecified atom stereocenters. The molecule has 3 N–H and O–H groups in total. The van der Waals surface area contributed by atoms with E-state index in [1.807, 2.05) is 0 Å². The molecule has 0 saturated heterocycles. The Kier molecular flexibility index (Phi) is 2.99. The minimum absolute atomic E-state index is 0.0758. The van der Waals surface area contributed by atoms with Crippen molar-refractivity contribution in [3.05, 3.63) is 58.9 Å². The van der Waals surface area contributed by atoms with Crippen LogP contribution in [0, 0.1) is 0 Å². The summed E-state index contributed by atoms with van der Waals surface area (Å²) < 4.78 is 25.1. The minimum Gasteiger partial charge on any atom is -0.398 e. The van der Waals surface area contributed by atoms with E-state index in [4.69, 9.17) is 5.73 Å². The fourth-order valence-corrected chi connectivity index (χ4v) is 3.38. The molecule has 21 heavy (non-hydrogen) atoms. The standard InChI is InChI=1S/C14H11N3O3S/c15-9-5-1-4-8-12(9)21(19,20)14-13(18)16-10-6-2-3-7-11(10)17-14/h1-8H,15H2,(H,16,18). The Hall–Kier alpha value is -2.67. The molecule has 2 aromatic carbocycles. The summed E-state index contributed by atoms with van der Waals surface area (Å²) in [5, 5.41) is -0.556. The molecule has 0 aliphatic rings. The van der Waals surface area contributed by atoms with Gasteiger partial charge in [-0.25, -0.2) is 13.4 Å². The van der Waals surface area contributed by atoms with Crippen LogP contribution in [-0.2, 0) is 9.84 Å². The molecule has 0 amide bonds. The summed E-state index contributed by atoms with van der Waals surface area (Å²) in [5.74, 6) is 0. The second kappa shape index (κ2) is 4.71.